The Morgan fingerprint density at radius 3 is 2.50 bits per heavy atom. The molecule has 1 unspecified atom stereocenters. The van der Waals surface area contributed by atoms with Crippen LogP contribution in [0.1, 0.15) is 21.5 Å². The average Bonchev–Trinajstić information content (AvgIpc) is 2.86. The minimum atomic E-state index is 0.233. The molecule has 3 rings (SSSR count). The summed E-state index contributed by atoms with van der Waals surface area (Å²) in [6, 6.07) is 14.8. The molecule has 0 aromatic heterocycles. The molecule has 1 aliphatic rings. The zero-order valence-electron chi connectivity index (χ0n) is 9.70. The average molecular weight is 368 g/mol. The Bertz CT molecular complexity index is 563. The molecule has 92 valence electrons. The van der Waals surface area contributed by atoms with Gasteiger partial charge in [-0.05, 0) is 34.9 Å². The molecule has 0 fully saturated rings. The van der Waals surface area contributed by atoms with E-state index in [2.05, 4.69) is 74.3 Å². The van der Waals surface area contributed by atoms with Crippen LogP contribution in [0.5, 0.6) is 5.75 Å². The minimum Gasteiger partial charge on any atom is -0.493 e. The van der Waals surface area contributed by atoms with E-state index in [0.717, 1.165) is 23.2 Å². The highest BCUT2D eigenvalue weighted by molar-refractivity contribution is 9.10. The fraction of sp³-hybridized carbons (Fsp3) is 0.200. The second kappa shape index (κ2) is 5.06. The van der Waals surface area contributed by atoms with Gasteiger partial charge in [-0.2, -0.15) is 0 Å². The summed E-state index contributed by atoms with van der Waals surface area (Å²) in [6.07, 6.45) is 1.02. The van der Waals surface area contributed by atoms with E-state index in [1.807, 2.05) is 0 Å². The lowest BCUT2D eigenvalue weighted by Gasteiger charge is -2.12. The van der Waals surface area contributed by atoms with Crippen molar-refractivity contribution in [2.75, 3.05) is 6.61 Å². The molecular formula is C15H12Br2O. The summed E-state index contributed by atoms with van der Waals surface area (Å²) in [5.74, 6) is 1.04. The van der Waals surface area contributed by atoms with Gasteiger partial charge in [0.15, 0.2) is 0 Å². The normalized spacial score (nSPS) is 15.0. The van der Waals surface area contributed by atoms with Gasteiger partial charge in [0, 0.05) is 10.9 Å². The molecule has 2 aromatic carbocycles. The van der Waals surface area contributed by atoms with Gasteiger partial charge in [0.25, 0.3) is 0 Å². The number of halogens is 2. The third-order valence-electron chi connectivity index (χ3n) is 3.17. The lowest BCUT2D eigenvalue weighted by atomic mass is 10.0. The highest BCUT2D eigenvalue weighted by Gasteiger charge is 2.16. The van der Waals surface area contributed by atoms with Crippen LogP contribution in [0, 0.1) is 0 Å². The third-order valence-corrected chi connectivity index (χ3v) is 4.75. The molecule has 0 radical (unpaired) electrons. The summed E-state index contributed by atoms with van der Waals surface area (Å²) in [4.78, 5) is 0.233. The van der Waals surface area contributed by atoms with E-state index in [4.69, 9.17) is 4.74 Å². The maximum absolute atomic E-state index is 5.53. The molecule has 0 aliphatic carbocycles. The molecule has 0 N–H and O–H groups in total. The molecule has 1 nitrogen and oxygen atoms in total. The van der Waals surface area contributed by atoms with Gasteiger partial charge in [-0.15, -0.1) is 0 Å². The smallest absolute Gasteiger partial charge is 0.122 e. The van der Waals surface area contributed by atoms with Crippen LogP contribution in [-0.2, 0) is 6.42 Å². The quantitative estimate of drug-likeness (QED) is 0.688. The van der Waals surface area contributed by atoms with E-state index in [1.165, 1.54) is 16.7 Å². The Kier molecular flexibility index (Phi) is 3.44. The van der Waals surface area contributed by atoms with E-state index in [-0.39, 0.29) is 4.83 Å². The van der Waals surface area contributed by atoms with Crippen LogP contribution in [0.3, 0.4) is 0 Å². The van der Waals surface area contributed by atoms with Crippen molar-refractivity contribution in [1.29, 1.82) is 0 Å². The molecule has 0 amide bonds. The fourth-order valence-corrected chi connectivity index (χ4v) is 3.04. The Morgan fingerprint density at radius 1 is 1.00 bits per heavy atom. The Labute approximate surface area is 123 Å². The summed E-state index contributed by atoms with van der Waals surface area (Å²) >= 11 is 7.23. The summed E-state index contributed by atoms with van der Waals surface area (Å²) in [6.45, 7) is 0.810. The predicted octanol–water partition coefficient (Wildman–Crippen LogP) is 4.87. The minimum absolute atomic E-state index is 0.233. The molecule has 1 atom stereocenters. The molecule has 0 saturated carbocycles. The Morgan fingerprint density at radius 2 is 1.72 bits per heavy atom. The lowest BCUT2D eigenvalue weighted by molar-refractivity contribution is 0.357. The monoisotopic (exact) mass is 366 g/mol. The largest absolute Gasteiger partial charge is 0.493 e. The van der Waals surface area contributed by atoms with E-state index in [0.29, 0.717) is 0 Å². The van der Waals surface area contributed by atoms with Gasteiger partial charge in [-0.3, -0.25) is 0 Å². The molecule has 1 aliphatic heterocycles. The molecule has 2 aromatic rings. The van der Waals surface area contributed by atoms with Gasteiger partial charge in [-0.25, -0.2) is 0 Å². The van der Waals surface area contributed by atoms with E-state index < -0.39 is 0 Å². The van der Waals surface area contributed by atoms with E-state index in [1.54, 1.807) is 0 Å². The molecule has 0 bridgehead atoms. The van der Waals surface area contributed by atoms with Gasteiger partial charge in [-0.1, -0.05) is 56.1 Å². The van der Waals surface area contributed by atoms with Crippen molar-refractivity contribution in [3.63, 3.8) is 0 Å². The first-order valence-corrected chi connectivity index (χ1v) is 7.60. The molecule has 18 heavy (non-hydrogen) atoms. The second-order valence-corrected chi connectivity index (χ2v) is 6.21. The zero-order chi connectivity index (χ0) is 12.5. The first kappa shape index (κ1) is 12.2. The van der Waals surface area contributed by atoms with Crippen LogP contribution in [0.25, 0.3) is 0 Å². The molecular weight excluding hydrogens is 356 g/mol. The van der Waals surface area contributed by atoms with E-state index >= 15 is 0 Å². The first-order valence-electron chi connectivity index (χ1n) is 5.89. The standard InChI is InChI=1S/C15H12Br2O/c16-13-4-1-10(2-5-13)15(17)12-3-6-14-11(9-12)7-8-18-14/h1-6,9,15H,7-8H2. The number of rotatable bonds is 2. The number of benzene rings is 2. The van der Waals surface area contributed by atoms with E-state index in [9.17, 15) is 0 Å². The number of alkyl halides is 1. The first-order chi connectivity index (χ1) is 8.74. The molecule has 0 saturated heterocycles. The van der Waals surface area contributed by atoms with Gasteiger partial charge in [0.1, 0.15) is 5.75 Å². The van der Waals surface area contributed by atoms with Crippen molar-refractivity contribution in [2.45, 2.75) is 11.2 Å². The molecule has 0 spiro atoms. The number of ether oxygens (including phenoxy) is 1. The molecule has 3 heteroatoms. The van der Waals surface area contributed by atoms with Crippen LogP contribution < -0.4 is 4.74 Å². The van der Waals surface area contributed by atoms with Crippen LogP contribution >= 0.6 is 31.9 Å². The molecule has 1 heterocycles. The summed E-state index contributed by atoms with van der Waals surface area (Å²) in [5.41, 5.74) is 3.85. The summed E-state index contributed by atoms with van der Waals surface area (Å²) in [5, 5.41) is 0. The number of fused-ring (bicyclic) bond motifs is 1. The van der Waals surface area contributed by atoms with Gasteiger partial charge < -0.3 is 4.74 Å². The van der Waals surface area contributed by atoms with Crippen LogP contribution in [0.15, 0.2) is 46.9 Å². The lowest BCUT2D eigenvalue weighted by Crippen LogP contribution is -1.93. The van der Waals surface area contributed by atoms with Crippen molar-refractivity contribution in [1.82, 2.24) is 0 Å². The summed E-state index contributed by atoms with van der Waals surface area (Å²) < 4.78 is 6.64. The third kappa shape index (κ3) is 2.34. The van der Waals surface area contributed by atoms with Crippen LogP contribution in [0.2, 0.25) is 0 Å². The van der Waals surface area contributed by atoms with Gasteiger partial charge in [0.2, 0.25) is 0 Å². The van der Waals surface area contributed by atoms with Crippen molar-refractivity contribution in [3.8, 4) is 5.75 Å². The Balaban J connectivity index is 1.92. The van der Waals surface area contributed by atoms with Gasteiger partial charge >= 0.3 is 0 Å². The highest BCUT2D eigenvalue weighted by Crippen LogP contribution is 2.35. The highest BCUT2D eigenvalue weighted by atomic mass is 79.9. The summed E-state index contributed by atoms with van der Waals surface area (Å²) in [7, 11) is 0. The topological polar surface area (TPSA) is 9.23 Å². The number of hydrogen-bond acceptors (Lipinski definition) is 1. The second-order valence-electron chi connectivity index (χ2n) is 4.38. The maximum atomic E-state index is 5.53. The van der Waals surface area contributed by atoms with Crippen LogP contribution in [-0.4, -0.2) is 6.61 Å². The maximum Gasteiger partial charge on any atom is 0.122 e. The van der Waals surface area contributed by atoms with Gasteiger partial charge in [0.05, 0.1) is 11.4 Å². The zero-order valence-corrected chi connectivity index (χ0v) is 12.9. The van der Waals surface area contributed by atoms with Crippen molar-refractivity contribution in [2.24, 2.45) is 0 Å². The Hall–Kier alpha value is -0.800. The number of hydrogen-bond donors (Lipinski definition) is 0. The SMILES string of the molecule is Brc1ccc(C(Br)c2ccc3c(c2)CCO3)cc1. The van der Waals surface area contributed by atoms with Crippen molar-refractivity contribution < 1.29 is 4.74 Å². The van der Waals surface area contributed by atoms with Crippen molar-refractivity contribution in [3.05, 3.63) is 63.6 Å². The fourth-order valence-electron chi connectivity index (χ4n) is 2.19. The van der Waals surface area contributed by atoms with Crippen molar-refractivity contribution >= 4 is 31.9 Å². The van der Waals surface area contributed by atoms with Crippen LogP contribution in [0.4, 0.5) is 0 Å². The predicted molar refractivity (Wildman–Crippen MR) is 80.6 cm³/mol.